The highest BCUT2D eigenvalue weighted by Crippen LogP contribution is 2.17. The van der Waals surface area contributed by atoms with Gasteiger partial charge in [-0.05, 0) is 24.3 Å². The van der Waals surface area contributed by atoms with Gasteiger partial charge in [0.15, 0.2) is 6.61 Å². The van der Waals surface area contributed by atoms with Crippen LogP contribution in [0.4, 0.5) is 11.6 Å². The molecular formula is C19H25N5O4. The Labute approximate surface area is 164 Å². The summed E-state index contributed by atoms with van der Waals surface area (Å²) in [4.78, 5) is 22.6. The summed E-state index contributed by atoms with van der Waals surface area (Å²) in [6.45, 7) is 4.02. The predicted molar refractivity (Wildman–Crippen MR) is 105 cm³/mol. The Bertz CT molecular complexity index is 750. The molecule has 0 spiro atoms. The van der Waals surface area contributed by atoms with Crippen molar-refractivity contribution in [2.24, 2.45) is 0 Å². The van der Waals surface area contributed by atoms with Gasteiger partial charge in [0.25, 0.3) is 5.91 Å². The normalized spacial score (nSPS) is 13.7. The van der Waals surface area contributed by atoms with Gasteiger partial charge >= 0.3 is 0 Å². The van der Waals surface area contributed by atoms with E-state index < -0.39 is 0 Å². The van der Waals surface area contributed by atoms with Gasteiger partial charge < -0.3 is 29.7 Å². The summed E-state index contributed by atoms with van der Waals surface area (Å²) in [5.74, 6) is 2.77. The summed E-state index contributed by atoms with van der Waals surface area (Å²) >= 11 is 0. The number of anilines is 2. The van der Waals surface area contributed by atoms with Crippen molar-refractivity contribution in [3.8, 4) is 11.5 Å². The minimum absolute atomic E-state index is 0.0407. The summed E-state index contributed by atoms with van der Waals surface area (Å²) in [6.07, 6.45) is 1.54. The molecule has 0 saturated carbocycles. The molecule has 1 fully saturated rings. The predicted octanol–water partition coefficient (Wildman–Crippen LogP) is 0.929. The van der Waals surface area contributed by atoms with Crippen LogP contribution in [0.3, 0.4) is 0 Å². The summed E-state index contributed by atoms with van der Waals surface area (Å²) in [5, 5.41) is 5.99. The van der Waals surface area contributed by atoms with Crippen LogP contribution in [-0.2, 0) is 9.53 Å². The van der Waals surface area contributed by atoms with Crippen LogP contribution >= 0.6 is 0 Å². The van der Waals surface area contributed by atoms with Crippen molar-refractivity contribution < 1.29 is 19.0 Å². The number of hydrogen-bond acceptors (Lipinski definition) is 8. The van der Waals surface area contributed by atoms with E-state index in [9.17, 15) is 4.79 Å². The highest BCUT2D eigenvalue weighted by Gasteiger charge is 2.12. The molecule has 1 aromatic carbocycles. The number of methoxy groups -OCH3 is 1. The van der Waals surface area contributed by atoms with E-state index in [2.05, 4.69) is 25.5 Å². The third kappa shape index (κ3) is 5.98. The van der Waals surface area contributed by atoms with Crippen molar-refractivity contribution in [1.82, 2.24) is 15.3 Å². The monoisotopic (exact) mass is 387 g/mol. The quantitative estimate of drug-likeness (QED) is 0.614. The number of hydrogen-bond donors (Lipinski definition) is 2. The van der Waals surface area contributed by atoms with E-state index in [0.29, 0.717) is 32.1 Å². The molecule has 2 aromatic rings. The second kappa shape index (κ2) is 10.3. The van der Waals surface area contributed by atoms with Crippen molar-refractivity contribution >= 4 is 17.5 Å². The lowest BCUT2D eigenvalue weighted by molar-refractivity contribution is -0.123. The van der Waals surface area contributed by atoms with E-state index in [4.69, 9.17) is 14.2 Å². The highest BCUT2D eigenvalue weighted by molar-refractivity contribution is 5.77. The topological polar surface area (TPSA) is 97.8 Å². The average Bonchev–Trinajstić information content (AvgIpc) is 2.76. The molecule has 0 atom stereocenters. The zero-order chi connectivity index (χ0) is 19.6. The lowest BCUT2D eigenvalue weighted by Gasteiger charge is -2.27. The minimum Gasteiger partial charge on any atom is -0.497 e. The standard InChI is InChI=1S/C19H25N5O4/c1-26-15-2-4-16(5-3-15)28-13-19(25)21-7-6-20-17-12-18(23-14-22-17)24-8-10-27-11-9-24/h2-5,12,14H,6-11,13H2,1H3,(H,21,25)(H,20,22,23). The molecule has 1 aliphatic rings. The number of carbonyl (C=O) groups is 1. The zero-order valence-electron chi connectivity index (χ0n) is 15.9. The Morgan fingerprint density at radius 3 is 2.64 bits per heavy atom. The van der Waals surface area contributed by atoms with Gasteiger partial charge in [-0.25, -0.2) is 9.97 Å². The number of aromatic nitrogens is 2. The highest BCUT2D eigenvalue weighted by atomic mass is 16.5. The van der Waals surface area contributed by atoms with Crippen LogP contribution in [-0.4, -0.2) is 69.0 Å². The maximum Gasteiger partial charge on any atom is 0.258 e. The van der Waals surface area contributed by atoms with E-state index in [1.54, 1.807) is 31.4 Å². The summed E-state index contributed by atoms with van der Waals surface area (Å²) in [6, 6.07) is 8.98. The van der Waals surface area contributed by atoms with Gasteiger partial charge in [0.05, 0.1) is 20.3 Å². The van der Waals surface area contributed by atoms with Crippen LogP contribution in [0.5, 0.6) is 11.5 Å². The number of benzene rings is 1. The van der Waals surface area contributed by atoms with Crippen LogP contribution in [0.1, 0.15) is 0 Å². The first-order chi connectivity index (χ1) is 13.7. The number of morpholine rings is 1. The maximum absolute atomic E-state index is 11.9. The Balaban J connectivity index is 1.35. The molecule has 1 aliphatic heterocycles. The zero-order valence-corrected chi connectivity index (χ0v) is 15.9. The van der Waals surface area contributed by atoms with Gasteiger partial charge in [-0.3, -0.25) is 4.79 Å². The van der Waals surface area contributed by atoms with E-state index >= 15 is 0 Å². The second-order valence-corrected chi connectivity index (χ2v) is 6.10. The lowest BCUT2D eigenvalue weighted by atomic mass is 10.3. The molecular weight excluding hydrogens is 362 g/mol. The minimum atomic E-state index is -0.186. The van der Waals surface area contributed by atoms with Crippen molar-refractivity contribution in [1.29, 1.82) is 0 Å². The van der Waals surface area contributed by atoms with Gasteiger partial charge in [0.2, 0.25) is 0 Å². The lowest BCUT2D eigenvalue weighted by Crippen LogP contribution is -2.36. The molecule has 2 N–H and O–H groups in total. The Morgan fingerprint density at radius 1 is 1.14 bits per heavy atom. The first-order valence-corrected chi connectivity index (χ1v) is 9.17. The molecule has 3 rings (SSSR count). The largest absolute Gasteiger partial charge is 0.497 e. The number of nitrogens with one attached hydrogen (secondary N) is 2. The van der Waals surface area contributed by atoms with E-state index in [0.717, 1.165) is 30.5 Å². The fourth-order valence-corrected chi connectivity index (χ4v) is 2.67. The van der Waals surface area contributed by atoms with Gasteiger partial charge in [-0.2, -0.15) is 0 Å². The molecule has 150 valence electrons. The number of rotatable bonds is 9. The van der Waals surface area contributed by atoms with E-state index in [1.807, 2.05) is 6.07 Å². The van der Waals surface area contributed by atoms with E-state index in [1.165, 1.54) is 6.33 Å². The molecule has 0 aliphatic carbocycles. The molecule has 0 unspecified atom stereocenters. The van der Waals surface area contributed by atoms with Crippen LogP contribution in [0.2, 0.25) is 0 Å². The van der Waals surface area contributed by atoms with E-state index in [-0.39, 0.29) is 12.5 Å². The first-order valence-electron chi connectivity index (χ1n) is 9.17. The van der Waals surface area contributed by atoms with Crippen LogP contribution < -0.4 is 25.0 Å². The van der Waals surface area contributed by atoms with Gasteiger partial charge in [0, 0.05) is 32.2 Å². The number of ether oxygens (including phenoxy) is 3. The number of carbonyl (C=O) groups excluding carboxylic acids is 1. The fourth-order valence-electron chi connectivity index (χ4n) is 2.67. The molecule has 9 nitrogen and oxygen atoms in total. The third-order valence-electron chi connectivity index (χ3n) is 4.17. The van der Waals surface area contributed by atoms with Gasteiger partial charge in [0.1, 0.15) is 29.5 Å². The molecule has 2 heterocycles. The van der Waals surface area contributed by atoms with Crippen molar-refractivity contribution in [3.63, 3.8) is 0 Å². The van der Waals surface area contributed by atoms with Crippen LogP contribution in [0.25, 0.3) is 0 Å². The average molecular weight is 387 g/mol. The van der Waals surface area contributed by atoms with Crippen molar-refractivity contribution in [2.75, 3.05) is 63.3 Å². The van der Waals surface area contributed by atoms with Crippen LogP contribution in [0.15, 0.2) is 36.7 Å². The summed E-state index contributed by atoms with van der Waals surface area (Å²) in [5.41, 5.74) is 0. The van der Waals surface area contributed by atoms with Crippen molar-refractivity contribution in [2.45, 2.75) is 0 Å². The smallest absolute Gasteiger partial charge is 0.258 e. The van der Waals surface area contributed by atoms with Gasteiger partial charge in [-0.15, -0.1) is 0 Å². The second-order valence-electron chi connectivity index (χ2n) is 6.10. The number of amides is 1. The number of nitrogens with zero attached hydrogens (tertiary/aromatic N) is 3. The van der Waals surface area contributed by atoms with Crippen molar-refractivity contribution in [3.05, 3.63) is 36.7 Å². The molecule has 1 saturated heterocycles. The molecule has 1 aromatic heterocycles. The molecule has 0 radical (unpaired) electrons. The van der Waals surface area contributed by atoms with Gasteiger partial charge in [-0.1, -0.05) is 0 Å². The maximum atomic E-state index is 11.9. The molecule has 1 amide bonds. The first kappa shape index (κ1) is 19.7. The van der Waals surface area contributed by atoms with Crippen LogP contribution in [0, 0.1) is 0 Å². The Morgan fingerprint density at radius 2 is 1.89 bits per heavy atom. The summed E-state index contributed by atoms with van der Waals surface area (Å²) in [7, 11) is 1.60. The SMILES string of the molecule is COc1ccc(OCC(=O)NCCNc2cc(N3CCOCC3)ncn2)cc1. The fraction of sp³-hybridized carbons (Fsp3) is 0.421. The Kier molecular flexibility index (Phi) is 7.25. The molecule has 28 heavy (non-hydrogen) atoms. The third-order valence-corrected chi connectivity index (χ3v) is 4.17. The Hall–Kier alpha value is -3.07. The molecule has 9 heteroatoms. The molecule has 0 bridgehead atoms. The summed E-state index contributed by atoms with van der Waals surface area (Å²) < 4.78 is 15.9.